The Hall–Kier alpha value is -2.87. The van der Waals surface area contributed by atoms with E-state index in [1.807, 2.05) is 23.7 Å². The average Bonchev–Trinajstić information content (AvgIpc) is 3.10. The normalized spacial score (nSPS) is 10.8. The van der Waals surface area contributed by atoms with Crippen LogP contribution in [0.5, 0.6) is 0 Å². The summed E-state index contributed by atoms with van der Waals surface area (Å²) in [6, 6.07) is 14.3. The smallest absolute Gasteiger partial charge is 0.234 e. The van der Waals surface area contributed by atoms with Gasteiger partial charge in [0.1, 0.15) is 5.82 Å². The van der Waals surface area contributed by atoms with Gasteiger partial charge in [0, 0.05) is 31.4 Å². The molecule has 0 aliphatic heterocycles. The minimum Gasteiger partial charge on any atom is -0.372 e. The fourth-order valence-corrected chi connectivity index (χ4v) is 3.69. The van der Waals surface area contributed by atoms with Gasteiger partial charge in [-0.15, -0.1) is 10.2 Å². The van der Waals surface area contributed by atoms with E-state index in [0.717, 1.165) is 24.5 Å². The predicted molar refractivity (Wildman–Crippen MR) is 116 cm³/mol. The Morgan fingerprint density at radius 3 is 2.45 bits per heavy atom. The molecule has 0 saturated carbocycles. The Balaban J connectivity index is 1.65. The van der Waals surface area contributed by atoms with Crippen molar-refractivity contribution in [3.63, 3.8) is 0 Å². The zero-order chi connectivity index (χ0) is 20.8. The third-order valence-corrected chi connectivity index (χ3v) is 5.59. The molecular weight excluding hydrogens is 389 g/mol. The van der Waals surface area contributed by atoms with Crippen LogP contribution >= 0.6 is 11.8 Å². The first kappa shape index (κ1) is 20.9. The van der Waals surface area contributed by atoms with E-state index in [-0.39, 0.29) is 17.3 Å². The van der Waals surface area contributed by atoms with Gasteiger partial charge in [-0.1, -0.05) is 23.9 Å². The van der Waals surface area contributed by atoms with E-state index < -0.39 is 5.82 Å². The molecule has 2 aromatic carbocycles. The maximum Gasteiger partial charge on any atom is 0.234 e. The van der Waals surface area contributed by atoms with E-state index >= 15 is 0 Å². The number of anilines is 2. The lowest BCUT2D eigenvalue weighted by Gasteiger charge is -2.21. The molecule has 8 heteroatoms. The van der Waals surface area contributed by atoms with Crippen LogP contribution in [0.1, 0.15) is 13.8 Å². The van der Waals surface area contributed by atoms with Crippen molar-refractivity contribution in [2.75, 3.05) is 29.1 Å². The van der Waals surface area contributed by atoms with Crippen LogP contribution in [0.2, 0.25) is 0 Å². The molecule has 0 aliphatic carbocycles. The Morgan fingerprint density at radius 2 is 1.79 bits per heavy atom. The zero-order valence-electron chi connectivity index (χ0n) is 16.7. The summed E-state index contributed by atoms with van der Waals surface area (Å²) < 4.78 is 15.5. The number of halogens is 1. The number of carbonyl (C=O) groups excluding carboxylic acids is 1. The van der Waals surface area contributed by atoms with Gasteiger partial charge in [0.15, 0.2) is 11.0 Å². The predicted octanol–water partition coefficient (Wildman–Crippen LogP) is 4.20. The van der Waals surface area contributed by atoms with Crippen molar-refractivity contribution in [3.05, 3.63) is 54.3 Å². The molecule has 1 N–H and O–H groups in total. The van der Waals surface area contributed by atoms with E-state index in [0.29, 0.717) is 5.16 Å². The van der Waals surface area contributed by atoms with Crippen molar-refractivity contribution in [1.82, 2.24) is 14.8 Å². The van der Waals surface area contributed by atoms with Crippen LogP contribution in [-0.2, 0) is 11.8 Å². The van der Waals surface area contributed by atoms with Crippen LogP contribution in [0.4, 0.5) is 15.8 Å². The minimum atomic E-state index is -0.458. The van der Waals surface area contributed by atoms with Crippen LogP contribution in [0.3, 0.4) is 0 Å². The Morgan fingerprint density at radius 1 is 1.10 bits per heavy atom. The van der Waals surface area contributed by atoms with Gasteiger partial charge in [-0.3, -0.25) is 4.79 Å². The van der Waals surface area contributed by atoms with Crippen molar-refractivity contribution in [2.24, 2.45) is 7.05 Å². The highest BCUT2D eigenvalue weighted by Crippen LogP contribution is 2.25. The van der Waals surface area contributed by atoms with E-state index in [2.05, 4.69) is 46.4 Å². The molecule has 1 heterocycles. The first-order valence-corrected chi connectivity index (χ1v) is 10.4. The molecule has 29 heavy (non-hydrogen) atoms. The Bertz CT molecular complexity index is 969. The van der Waals surface area contributed by atoms with Gasteiger partial charge in [0.05, 0.1) is 11.4 Å². The number of nitrogens with zero attached hydrogens (tertiary/aromatic N) is 4. The maximum absolute atomic E-state index is 13.6. The van der Waals surface area contributed by atoms with E-state index in [4.69, 9.17) is 0 Å². The van der Waals surface area contributed by atoms with Crippen LogP contribution < -0.4 is 10.2 Å². The highest BCUT2D eigenvalue weighted by molar-refractivity contribution is 7.99. The van der Waals surface area contributed by atoms with Gasteiger partial charge < -0.3 is 14.8 Å². The number of hydrogen-bond acceptors (Lipinski definition) is 5. The second-order valence-electron chi connectivity index (χ2n) is 6.40. The van der Waals surface area contributed by atoms with Gasteiger partial charge in [0.25, 0.3) is 0 Å². The number of aromatic nitrogens is 3. The number of hydrogen-bond donors (Lipinski definition) is 1. The van der Waals surface area contributed by atoms with Crippen LogP contribution in [0.15, 0.2) is 53.7 Å². The number of carbonyl (C=O) groups is 1. The quantitative estimate of drug-likeness (QED) is 0.561. The maximum atomic E-state index is 13.6. The standard InChI is InChI=1S/C21H24FN5OS/c1-4-27(5-2)16-12-10-15(11-13-16)20-24-25-21(26(20)3)29-14-19(28)23-18-9-7-6-8-17(18)22/h6-13H,4-5,14H2,1-3H3,(H,23,28). The first-order chi connectivity index (χ1) is 14.0. The summed E-state index contributed by atoms with van der Waals surface area (Å²) >= 11 is 1.26. The third-order valence-electron chi connectivity index (χ3n) is 4.57. The number of rotatable bonds is 8. The molecule has 0 atom stereocenters. The lowest BCUT2D eigenvalue weighted by atomic mass is 10.2. The van der Waals surface area contributed by atoms with Crippen molar-refractivity contribution in [3.8, 4) is 11.4 Å². The fraction of sp³-hybridized carbons (Fsp3) is 0.286. The summed E-state index contributed by atoms with van der Waals surface area (Å²) in [5.74, 6) is 0.0857. The van der Waals surface area contributed by atoms with Crippen molar-refractivity contribution < 1.29 is 9.18 Å². The van der Waals surface area contributed by atoms with E-state index in [1.54, 1.807) is 12.1 Å². The number of benzene rings is 2. The third kappa shape index (κ3) is 4.95. The average molecular weight is 414 g/mol. The number of para-hydroxylation sites is 1. The van der Waals surface area contributed by atoms with E-state index in [9.17, 15) is 9.18 Å². The number of thioether (sulfide) groups is 1. The molecule has 0 spiro atoms. The molecule has 0 aliphatic rings. The Labute approximate surface area is 174 Å². The van der Waals surface area contributed by atoms with E-state index in [1.165, 1.54) is 29.6 Å². The summed E-state index contributed by atoms with van der Waals surface area (Å²) in [6.07, 6.45) is 0. The molecule has 152 valence electrons. The summed E-state index contributed by atoms with van der Waals surface area (Å²) in [4.78, 5) is 14.4. The first-order valence-electron chi connectivity index (χ1n) is 9.45. The minimum absolute atomic E-state index is 0.112. The second-order valence-corrected chi connectivity index (χ2v) is 7.34. The van der Waals surface area contributed by atoms with Crippen LogP contribution in [0, 0.1) is 5.82 Å². The van der Waals surface area contributed by atoms with Crippen LogP contribution in [0.25, 0.3) is 11.4 Å². The van der Waals surface area contributed by atoms with Gasteiger partial charge in [-0.05, 0) is 50.2 Å². The van der Waals surface area contributed by atoms with Crippen LogP contribution in [-0.4, -0.2) is 39.5 Å². The summed E-state index contributed by atoms with van der Waals surface area (Å²) in [5.41, 5.74) is 2.30. The second kappa shape index (κ2) is 9.56. The highest BCUT2D eigenvalue weighted by atomic mass is 32.2. The lowest BCUT2D eigenvalue weighted by molar-refractivity contribution is -0.113. The SMILES string of the molecule is CCN(CC)c1ccc(-c2nnc(SCC(=O)Nc3ccccc3F)n2C)cc1. The van der Waals surface area contributed by atoms with Gasteiger partial charge >= 0.3 is 0 Å². The fourth-order valence-electron chi connectivity index (χ4n) is 2.98. The van der Waals surface area contributed by atoms with Crippen molar-refractivity contribution in [1.29, 1.82) is 0 Å². The topological polar surface area (TPSA) is 63.1 Å². The molecule has 0 fully saturated rings. The van der Waals surface area contributed by atoms with Crippen molar-refractivity contribution >= 4 is 29.0 Å². The largest absolute Gasteiger partial charge is 0.372 e. The molecule has 1 amide bonds. The number of amides is 1. The molecule has 0 unspecified atom stereocenters. The molecule has 3 rings (SSSR count). The molecular formula is C21H24FN5OS. The molecule has 3 aromatic rings. The van der Waals surface area contributed by atoms with Crippen molar-refractivity contribution in [2.45, 2.75) is 19.0 Å². The summed E-state index contributed by atoms with van der Waals surface area (Å²) in [5, 5.41) is 11.6. The lowest BCUT2D eigenvalue weighted by Crippen LogP contribution is -2.21. The summed E-state index contributed by atoms with van der Waals surface area (Å²) in [6.45, 7) is 6.17. The Kier molecular flexibility index (Phi) is 6.87. The van der Waals surface area contributed by atoms with Gasteiger partial charge in [0.2, 0.25) is 5.91 Å². The summed E-state index contributed by atoms with van der Waals surface area (Å²) in [7, 11) is 1.87. The van der Waals surface area contributed by atoms with Gasteiger partial charge in [-0.25, -0.2) is 4.39 Å². The zero-order valence-corrected chi connectivity index (χ0v) is 17.5. The molecule has 0 saturated heterocycles. The monoisotopic (exact) mass is 413 g/mol. The molecule has 0 bridgehead atoms. The number of nitrogens with one attached hydrogen (secondary N) is 1. The molecule has 0 radical (unpaired) electrons. The highest BCUT2D eigenvalue weighted by Gasteiger charge is 2.14. The van der Waals surface area contributed by atoms with Gasteiger partial charge in [-0.2, -0.15) is 0 Å². The molecule has 1 aromatic heterocycles. The molecule has 6 nitrogen and oxygen atoms in total.